The summed E-state index contributed by atoms with van der Waals surface area (Å²) < 4.78 is 4.62. The number of rotatable bonds is 7. The Balaban J connectivity index is 1.58. The molecule has 132 valence electrons. The Kier molecular flexibility index (Phi) is 7.67. The summed E-state index contributed by atoms with van der Waals surface area (Å²) >= 11 is 5.46. The summed E-state index contributed by atoms with van der Waals surface area (Å²) in [5.74, 6) is 0.639. The number of nitrogens with one attached hydrogen (secondary N) is 1. The molecule has 0 aromatic carbocycles. The molecule has 1 fully saturated rings. The molecule has 1 aliphatic rings. The second kappa shape index (κ2) is 10.0. The number of esters is 1. The minimum atomic E-state index is -0.140. The van der Waals surface area contributed by atoms with Gasteiger partial charge in [-0.2, -0.15) is 0 Å². The quantitative estimate of drug-likeness (QED) is 0.446. The van der Waals surface area contributed by atoms with Gasteiger partial charge in [-0.25, -0.2) is 9.97 Å². The number of carbonyl (C=O) groups excluding carboxylic acids is 1. The van der Waals surface area contributed by atoms with Crippen LogP contribution in [-0.4, -0.2) is 65.8 Å². The predicted octanol–water partition coefficient (Wildman–Crippen LogP) is 1.21. The van der Waals surface area contributed by atoms with Gasteiger partial charge in [0.05, 0.1) is 7.11 Å². The van der Waals surface area contributed by atoms with Crippen LogP contribution in [0.25, 0.3) is 0 Å². The van der Waals surface area contributed by atoms with Crippen LogP contribution < -0.4 is 10.2 Å². The van der Waals surface area contributed by atoms with Gasteiger partial charge in [-0.1, -0.05) is 6.42 Å². The molecule has 7 nitrogen and oxygen atoms in total. The van der Waals surface area contributed by atoms with E-state index in [1.54, 1.807) is 12.4 Å². The van der Waals surface area contributed by atoms with Crippen molar-refractivity contribution in [1.82, 2.24) is 20.2 Å². The van der Waals surface area contributed by atoms with Gasteiger partial charge in [0, 0.05) is 51.5 Å². The zero-order valence-electron chi connectivity index (χ0n) is 14.1. The number of ether oxygens (including phenoxy) is 1. The Morgan fingerprint density at radius 1 is 1.21 bits per heavy atom. The third-order valence-electron chi connectivity index (χ3n) is 3.96. The third kappa shape index (κ3) is 5.92. The molecule has 1 aromatic heterocycles. The zero-order valence-corrected chi connectivity index (χ0v) is 14.9. The van der Waals surface area contributed by atoms with Crippen molar-refractivity contribution in [3.63, 3.8) is 0 Å². The first-order chi connectivity index (χ1) is 11.7. The molecule has 0 bridgehead atoms. The van der Waals surface area contributed by atoms with Gasteiger partial charge in [0.2, 0.25) is 5.95 Å². The lowest BCUT2D eigenvalue weighted by molar-refractivity contribution is -0.140. The lowest BCUT2D eigenvalue weighted by Gasteiger charge is -2.36. The van der Waals surface area contributed by atoms with Gasteiger partial charge < -0.3 is 19.9 Å². The van der Waals surface area contributed by atoms with Crippen LogP contribution >= 0.6 is 12.2 Å². The van der Waals surface area contributed by atoms with Crippen molar-refractivity contribution in [2.24, 2.45) is 0 Å². The Bertz CT molecular complexity index is 520. The van der Waals surface area contributed by atoms with E-state index in [9.17, 15) is 4.79 Å². The first kappa shape index (κ1) is 18.4. The molecule has 1 aromatic rings. The minimum absolute atomic E-state index is 0.140. The van der Waals surface area contributed by atoms with Gasteiger partial charge in [0.1, 0.15) is 0 Å². The summed E-state index contributed by atoms with van der Waals surface area (Å²) in [6.45, 7) is 4.30. The molecular weight excluding hydrogens is 326 g/mol. The first-order valence-electron chi connectivity index (χ1n) is 8.32. The molecule has 0 spiro atoms. The molecular formula is C16H25N5O2S. The number of methoxy groups -OCH3 is 1. The number of nitrogens with zero attached hydrogens (tertiary/aromatic N) is 4. The molecule has 1 N–H and O–H groups in total. The number of thiocarbonyl (C=S) groups is 1. The smallest absolute Gasteiger partial charge is 0.305 e. The van der Waals surface area contributed by atoms with E-state index in [1.165, 1.54) is 7.11 Å². The summed E-state index contributed by atoms with van der Waals surface area (Å²) in [6, 6.07) is 1.82. The lowest BCUT2D eigenvalue weighted by Crippen LogP contribution is -2.52. The van der Waals surface area contributed by atoms with Crippen LogP contribution in [0.5, 0.6) is 0 Å². The van der Waals surface area contributed by atoms with Gasteiger partial charge >= 0.3 is 5.97 Å². The fourth-order valence-corrected chi connectivity index (χ4v) is 2.83. The minimum Gasteiger partial charge on any atom is -0.469 e. The van der Waals surface area contributed by atoms with Crippen LogP contribution in [0, 0.1) is 0 Å². The van der Waals surface area contributed by atoms with Crippen molar-refractivity contribution >= 4 is 29.2 Å². The average molecular weight is 351 g/mol. The molecule has 0 amide bonds. The Morgan fingerprint density at radius 3 is 2.58 bits per heavy atom. The molecule has 2 heterocycles. The van der Waals surface area contributed by atoms with Crippen LogP contribution in [0.1, 0.15) is 25.7 Å². The Morgan fingerprint density at radius 2 is 1.92 bits per heavy atom. The van der Waals surface area contributed by atoms with Gasteiger partial charge in [-0.15, -0.1) is 0 Å². The topological polar surface area (TPSA) is 70.6 Å². The van der Waals surface area contributed by atoms with Crippen molar-refractivity contribution in [3.8, 4) is 0 Å². The predicted molar refractivity (Wildman–Crippen MR) is 96.9 cm³/mol. The highest BCUT2D eigenvalue weighted by molar-refractivity contribution is 7.80. The third-order valence-corrected chi connectivity index (χ3v) is 4.37. The largest absolute Gasteiger partial charge is 0.469 e. The Hall–Kier alpha value is -1.96. The van der Waals surface area contributed by atoms with E-state index in [-0.39, 0.29) is 5.97 Å². The van der Waals surface area contributed by atoms with Crippen molar-refractivity contribution in [2.45, 2.75) is 25.7 Å². The number of hydrogen-bond acceptors (Lipinski definition) is 6. The van der Waals surface area contributed by atoms with Crippen LogP contribution in [0.2, 0.25) is 0 Å². The molecule has 0 radical (unpaired) electrons. The highest BCUT2D eigenvalue weighted by atomic mass is 32.1. The summed E-state index contributed by atoms with van der Waals surface area (Å²) in [6.07, 6.45) is 6.86. The molecule has 0 aliphatic carbocycles. The fourth-order valence-electron chi connectivity index (χ4n) is 2.54. The van der Waals surface area contributed by atoms with Crippen molar-refractivity contribution in [1.29, 1.82) is 0 Å². The average Bonchev–Trinajstić information content (AvgIpc) is 2.65. The van der Waals surface area contributed by atoms with E-state index in [1.807, 2.05) is 6.07 Å². The monoisotopic (exact) mass is 351 g/mol. The van der Waals surface area contributed by atoms with E-state index in [0.29, 0.717) is 6.42 Å². The van der Waals surface area contributed by atoms with E-state index >= 15 is 0 Å². The van der Waals surface area contributed by atoms with Gasteiger partial charge in [-0.05, 0) is 31.1 Å². The fraction of sp³-hybridized carbons (Fsp3) is 0.625. The summed E-state index contributed by atoms with van der Waals surface area (Å²) in [5.41, 5.74) is 0. The number of aromatic nitrogens is 2. The maximum absolute atomic E-state index is 11.0. The number of carbonyl (C=O) groups is 1. The number of hydrogen-bond donors (Lipinski definition) is 1. The molecule has 8 heteroatoms. The van der Waals surface area contributed by atoms with Gasteiger partial charge in [0.25, 0.3) is 0 Å². The number of unbranched alkanes of at least 4 members (excludes halogenated alkanes) is 2. The molecule has 1 saturated heterocycles. The molecule has 0 atom stereocenters. The van der Waals surface area contributed by atoms with E-state index in [0.717, 1.165) is 63.0 Å². The van der Waals surface area contributed by atoms with Crippen LogP contribution in [0.15, 0.2) is 18.5 Å². The number of anilines is 1. The summed E-state index contributed by atoms with van der Waals surface area (Å²) in [4.78, 5) is 23.9. The normalized spacial score (nSPS) is 14.4. The van der Waals surface area contributed by atoms with Crippen LogP contribution in [0.3, 0.4) is 0 Å². The van der Waals surface area contributed by atoms with Crippen molar-refractivity contribution in [2.75, 3.05) is 44.7 Å². The van der Waals surface area contributed by atoms with Crippen LogP contribution in [0.4, 0.5) is 5.95 Å². The second-order valence-corrected chi connectivity index (χ2v) is 6.03. The summed E-state index contributed by atoms with van der Waals surface area (Å²) in [7, 11) is 1.42. The molecule has 0 unspecified atom stereocenters. The van der Waals surface area contributed by atoms with E-state index in [4.69, 9.17) is 12.2 Å². The highest BCUT2D eigenvalue weighted by Gasteiger charge is 2.20. The SMILES string of the molecule is COC(=O)CCCCCNC(=S)N1CCN(c2ncccn2)CC1. The molecule has 2 rings (SSSR count). The maximum Gasteiger partial charge on any atom is 0.305 e. The molecule has 24 heavy (non-hydrogen) atoms. The molecule has 1 aliphatic heterocycles. The zero-order chi connectivity index (χ0) is 17.2. The van der Waals surface area contributed by atoms with Crippen LogP contribution in [-0.2, 0) is 9.53 Å². The number of piperazine rings is 1. The second-order valence-electron chi connectivity index (χ2n) is 5.64. The maximum atomic E-state index is 11.0. The van der Waals surface area contributed by atoms with Crippen molar-refractivity contribution in [3.05, 3.63) is 18.5 Å². The summed E-state index contributed by atoms with van der Waals surface area (Å²) in [5, 5.41) is 4.10. The Labute approximate surface area is 148 Å². The lowest BCUT2D eigenvalue weighted by atomic mass is 10.2. The van der Waals surface area contributed by atoms with Crippen molar-refractivity contribution < 1.29 is 9.53 Å². The van der Waals surface area contributed by atoms with Gasteiger partial charge in [0.15, 0.2) is 5.11 Å². The van der Waals surface area contributed by atoms with E-state index < -0.39 is 0 Å². The highest BCUT2D eigenvalue weighted by Crippen LogP contribution is 2.09. The van der Waals surface area contributed by atoms with E-state index in [2.05, 4.69) is 29.8 Å². The first-order valence-corrected chi connectivity index (χ1v) is 8.73. The molecule has 0 saturated carbocycles. The van der Waals surface area contributed by atoms with Gasteiger partial charge in [-0.3, -0.25) is 4.79 Å². The standard InChI is InChI=1S/C16H25N5O2S/c1-23-14(22)6-3-2-4-7-19-16(24)21-12-10-20(11-13-21)15-17-8-5-9-18-15/h5,8-9H,2-4,6-7,10-13H2,1H3,(H,19,24).